The zero-order valence-corrected chi connectivity index (χ0v) is 26.0. The Kier molecular flexibility index (Phi) is 9.29. The number of hydrogen-bond acceptors (Lipinski definition) is 7. The van der Waals surface area contributed by atoms with Gasteiger partial charge in [0.1, 0.15) is 23.1 Å². The van der Waals surface area contributed by atoms with Gasteiger partial charge in [-0.2, -0.15) is 0 Å². The van der Waals surface area contributed by atoms with Crippen LogP contribution in [0.5, 0.6) is 17.2 Å². The standard InChI is InChI=1S/C34H35FN2O7S/c1-20-19-22(20)7-4-5-8-26-29(30-27(43-2)9-6-10-28(30)44-3)31(38)32(34(40)37-26)45(41,42)25-17-15-24(16-18-25)36-33(39)21-11-13-23(35)14-12-21/h6,9-18,20,22H,4-5,7-8,19H2,1-3H3,(H,36,39)(H2,37,38,40)/t20?,22-/m0/s1. The fourth-order valence-electron chi connectivity index (χ4n) is 5.57. The Morgan fingerprint density at radius 1 is 0.978 bits per heavy atom. The predicted molar refractivity (Wildman–Crippen MR) is 168 cm³/mol. The number of aryl methyl sites for hydroxylation is 1. The SMILES string of the molecule is COc1cccc(OC)c1-c1c(CCCC[C@H]2CC2C)[nH]c(=O)c(S(=O)(=O)c2ccc(NC(=O)c3ccc(F)cc3)cc2)c1O. The van der Waals surface area contributed by atoms with E-state index in [1.807, 2.05) is 0 Å². The Hall–Kier alpha value is -4.64. The predicted octanol–water partition coefficient (Wildman–Crippen LogP) is 6.36. The third-order valence-corrected chi connectivity index (χ3v) is 10.0. The van der Waals surface area contributed by atoms with E-state index in [4.69, 9.17) is 9.47 Å². The highest BCUT2D eigenvalue weighted by Crippen LogP contribution is 2.46. The minimum atomic E-state index is -4.55. The van der Waals surface area contributed by atoms with E-state index in [0.29, 0.717) is 35.1 Å². The van der Waals surface area contributed by atoms with Crippen LogP contribution in [0.25, 0.3) is 11.1 Å². The average molecular weight is 635 g/mol. The van der Waals surface area contributed by atoms with Gasteiger partial charge in [-0.25, -0.2) is 12.8 Å². The summed E-state index contributed by atoms with van der Waals surface area (Å²) in [7, 11) is -1.65. The Morgan fingerprint density at radius 2 is 1.60 bits per heavy atom. The Balaban J connectivity index is 1.52. The van der Waals surface area contributed by atoms with Crippen molar-refractivity contribution in [2.24, 2.45) is 11.8 Å². The Labute approximate surface area is 261 Å². The molecule has 3 N–H and O–H groups in total. The number of pyridine rings is 1. The van der Waals surface area contributed by atoms with Crippen LogP contribution in [0.1, 0.15) is 48.7 Å². The highest BCUT2D eigenvalue weighted by molar-refractivity contribution is 7.91. The molecule has 0 aliphatic heterocycles. The first-order valence-electron chi connectivity index (χ1n) is 14.7. The number of sulfone groups is 1. The molecule has 0 spiro atoms. The van der Waals surface area contributed by atoms with Crippen molar-refractivity contribution < 1.29 is 32.2 Å². The zero-order chi connectivity index (χ0) is 32.3. The molecular formula is C34H35FN2O7S. The van der Waals surface area contributed by atoms with Gasteiger partial charge in [0.2, 0.25) is 9.84 Å². The van der Waals surface area contributed by atoms with Crippen LogP contribution in [0.15, 0.2) is 81.3 Å². The normalized spacial score (nSPS) is 15.8. The maximum absolute atomic E-state index is 13.9. The second kappa shape index (κ2) is 13.2. The molecule has 1 aliphatic rings. The number of unbranched alkanes of at least 4 members (excludes halogenated alkanes) is 1. The molecule has 236 valence electrons. The monoisotopic (exact) mass is 634 g/mol. The van der Waals surface area contributed by atoms with Gasteiger partial charge >= 0.3 is 0 Å². The fourth-order valence-corrected chi connectivity index (χ4v) is 6.96. The molecule has 1 aliphatic carbocycles. The van der Waals surface area contributed by atoms with Crippen LogP contribution in [0.3, 0.4) is 0 Å². The molecule has 2 atom stereocenters. The summed E-state index contributed by atoms with van der Waals surface area (Å²) >= 11 is 0. The van der Waals surface area contributed by atoms with E-state index in [2.05, 4.69) is 17.2 Å². The van der Waals surface area contributed by atoms with Gasteiger partial charge in [-0.3, -0.25) is 9.59 Å². The summed E-state index contributed by atoms with van der Waals surface area (Å²) in [6.45, 7) is 2.23. The van der Waals surface area contributed by atoms with Crippen LogP contribution >= 0.6 is 0 Å². The number of ether oxygens (including phenoxy) is 2. The number of rotatable bonds is 12. The number of methoxy groups -OCH3 is 2. The lowest BCUT2D eigenvalue weighted by atomic mass is 9.97. The van der Waals surface area contributed by atoms with Crippen LogP contribution in [0.2, 0.25) is 0 Å². The third kappa shape index (κ3) is 6.73. The number of H-pyrrole nitrogens is 1. The highest BCUT2D eigenvalue weighted by atomic mass is 32.2. The largest absolute Gasteiger partial charge is 0.506 e. The minimum Gasteiger partial charge on any atom is -0.506 e. The summed E-state index contributed by atoms with van der Waals surface area (Å²) < 4.78 is 52.1. The molecule has 1 fully saturated rings. The first-order chi connectivity index (χ1) is 21.5. The number of aromatic hydroxyl groups is 1. The average Bonchev–Trinajstić information content (AvgIpc) is 3.73. The number of nitrogens with one attached hydrogen (secondary N) is 2. The molecule has 0 saturated heterocycles. The summed E-state index contributed by atoms with van der Waals surface area (Å²) in [5.74, 6) is 0.387. The third-order valence-electron chi connectivity index (χ3n) is 8.23. The number of benzene rings is 3. The molecule has 11 heteroatoms. The Bertz CT molecular complexity index is 1850. The topological polar surface area (TPSA) is 135 Å². The van der Waals surface area contributed by atoms with Crippen LogP contribution in [-0.2, 0) is 16.3 Å². The molecule has 45 heavy (non-hydrogen) atoms. The Morgan fingerprint density at radius 3 is 2.18 bits per heavy atom. The van der Waals surface area contributed by atoms with Gasteiger partial charge in [-0.15, -0.1) is 0 Å². The molecule has 4 aromatic rings. The van der Waals surface area contributed by atoms with Crippen molar-refractivity contribution in [3.05, 3.63) is 94.2 Å². The molecule has 1 heterocycles. The van der Waals surface area contributed by atoms with Gasteiger partial charge in [0.15, 0.2) is 4.90 Å². The summed E-state index contributed by atoms with van der Waals surface area (Å²) in [6.07, 6.45) is 4.32. The van der Waals surface area contributed by atoms with Crippen molar-refractivity contribution >= 4 is 21.4 Å². The van der Waals surface area contributed by atoms with Crippen LogP contribution in [-0.4, -0.2) is 38.6 Å². The van der Waals surface area contributed by atoms with Crippen molar-refractivity contribution in [1.82, 2.24) is 4.98 Å². The fraction of sp³-hybridized carbons (Fsp3) is 0.294. The molecule has 0 radical (unpaired) electrons. The van der Waals surface area contributed by atoms with Gasteiger partial charge in [0.05, 0.1) is 30.2 Å². The summed E-state index contributed by atoms with van der Waals surface area (Å²) in [6, 6.07) is 15.2. The number of carbonyl (C=O) groups is 1. The van der Waals surface area contributed by atoms with E-state index >= 15 is 0 Å². The molecule has 3 aromatic carbocycles. The number of halogens is 1. The van der Waals surface area contributed by atoms with Crippen LogP contribution in [0.4, 0.5) is 10.1 Å². The summed E-state index contributed by atoms with van der Waals surface area (Å²) in [5.41, 5.74) is 0.345. The lowest BCUT2D eigenvalue weighted by Gasteiger charge is -2.19. The molecule has 9 nitrogen and oxygen atoms in total. The zero-order valence-electron chi connectivity index (χ0n) is 25.2. The van der Waals surface area contributed by atoms with Crippen molar-refractivity contribution in [2.75, 3.05) is 19.5 Å². The first kappa shape index (κ1) is 31.8. The van der Waals surface area contributed by atoms with Gasteiger partial charge in [-0.1, -0.05) is 25.8 Å². The molecule has 5 rings (SSSR count). The van der Waals surface area contributed by atoms with Crippen molar-refractivity contribution in [2.45, 2.75) is 48.8 Å². The highest BCUT2D eigenvalue weighted by Gasteiger charge is 2.33. The molecule has 1 amide bonds. The first-order valence-corrected chi connectivity index (χ1v) is 16.1. The van der Waals surface area contributed by atoms with Crippen LogP contribution < -0.4 is 20.3 Å². The van der Waals surface area contributed by atoms with E-state index in [0.717, 1.165) is 37.3 Å². The summed E-state index contributed by atoms with van der Waals surface area (Å²) in [4.78, 5) is 27.6. The quantitative estimate of drug-likeness (QED) is 0.154. The lowest BCUT2D eigenvalue weighted by molar-refractivity contribution is 0.102. The maximum atomic E-state index is 13.9. The summed E-state index contributed by atoms with van der Waals surface area (Å²) in [5, 5.41) is 14.3. The smallest absolute Gasteiger partial charge is 0.271 e. The van der Waals surface area contributed by atoms with E-state index in [-0.39, 0.29) is 21.7 Å². The second-order valence-corrected chi connectivity index (χ2v) is 13.1. The molecule has 0 bridgehead atoms. The van der Waals surface area contributed by atoms with Gasteiger partial charge in [0, 0.05) is 16.9 Å². The molecule has 1 saturated carbocycles. The van der Waals surface area contributed by atoms with E-state index in [9.17, 15) is 27.5 Å². The lowest BCUT2D eigenvalue weighted by Crippen LogP contribution is -2.21. The number of anilines is 1. The molecule has 1 aromatic heterocycles. The number of hydrogen-bond donors (Lipinski definition) is 3. The number of carbonyl (C=O) groups excluding carboxylic acids is 1. The molecule has 1 unspecified atom stereocenters. The van der Waals surface area contributed by atoms with Crippen molar-refractivity contribution in [3.63, 3.8) is 0 Å². The van der Waals surface area contributed by atoms with Crippen molar-refractivity contribution in [3.8, 4) is 28.4 Å². The van der Waals surface area contributed by atoms with E-state index in [1.165, 1.54) is 57.0 Å². The number of amides is 1. The molecular weight excluding hydrogens is 599 g/mol. The number of aromatic nitrogens is 1. The van der Waals surface area contributed by atoms with E-state index < -0.39 is 37.8 Å². The van der Waals surface area contributed by atoms with Gasteiger partial charge in [0.25, 0.3) is 11.5 Å². The number of aromatic amines is 1. The minimum absolute atomic E-state index is 0.116. The van der Waals surface area contributed by atoms with Crippen LogP contribution in [0, 0.1) is 17.7 Å². The van der Waals surface area contributed by atoms with E-state index in [1.54, 1.807) is 18.2 Å². The van der Waals surface area contributed by atoms with Gasteiger partial charge in [-0.05, 0) is 91.8 Å². The second-order valence-electron chi connectivity index (χ2n) is 11.2. The maximum Gasteiger partial charge on any atom is 0.271 e. The van der Waals surface area contributed by atoms with Gasteiger partial charge < -0.3 is 24.9 Å². The van der Waals surface area contributed by atoms with Crippen molar-refractivity contribution in [1.29, 1.82) is 0 Å².